The minimum Gasteiger partial charge on any atom is -0.491 e. The van der Waals surface area contributed by atoms with E-state index >= 15 is 0 Å². The van der Waals surface area contributed by atoms with Crippen LogP contribution in [0.25, 0.3) is 11.1 Å². The molecule has 0 aliphatic carbocycles. The van der Waals surface area contributed by atoms with Crippen molar-refractivity contribution in [2.75, 3.05) is 6.61 Å². The number of rotatable bonds is 3. The molecule has 0 unspecified atom stereocenters. The number of ether oxygens (including phenoxy) is 1. The summed E-state index contributed by atoms with van der Waals surface area (Å²) in [6, 6.07) is 13.3. The molecule has 0 aromatic heterocycles. The number of benzene rings is 2. The van der Waals surface area contributed by atoms with Gasteiger partial charge in [0.15, 0.2) is 0 Å². The topological polar surface area (TPSA) is 9.23 Å². The maximum absolute atomic E-state index is 6.13. The number of hydrogen-bond donors (Lipinski definition) is 0. The van der Waals surface area contributed by atoms with Crippen molar-refractivity contribution in [3.05, 3.63) is 59.4 Å². The van der Waals surface area contributed by atoms with Crippen molar-refractivity contribution in [1.29, 1.82) is 0 Å². The number of halogens is 2. The van der Waals surface area contributed by atoms with Crippen LogP contribution in [0, 0.1) is 6.92 Å². The highest BCUT2D eigenvalue weighted by atomic mass is 35.5. The first-order chi connectivity index (χ1) is 8.22. The molecule has 0 aliphatic heterocycles. The summed E-state index contributed by atoms with van der Waals surface area (Å²) in [4.78, 5) is 0. The van der Waals surface area contributed by atoms with Gasteiger partial charge in [-0.25, -0.2) is 0 Å². The lowest BCUT2D eigenvalue weighted by Gasteiger charge is -2.12. The van der Waals surface area contributed by atoms with E-state index in [0.717, 1.165) is 11.1 Å². The Labute approximate surface area is 111 Å². The van der Waals surface area contributed by atoms with Crippen molar-refractivity contribution in [3.63, 3.8) is 0 Å². The first-order valence-corrected chi connectivity index (χ1v) is 5.94. The summed E-state index contributed by atoms with van der Waals surface area (Å²) in [5, 5.41) is 1.09. The van der Waals surface area contributed by atoms with Gasteiger partial charge in [0.05, 0.1) is 11.6 Å². The third-order valence-corrected chi connectivity index (χ3v) is 2.84. The smallest absolute Gasteiger partial charge is 0.145 e. The number of hydrogen-bond acceptors (Lipinski definition) is 1. The average molecular weight is 266 g/mol. The Balaban J connectivity index is 2.59. The standard InChI is InChI=1S/C14H11Cl2O/c1-2-17-14-12(8-11(15)9-13(14)16)10-6-4-3-5-7-10/h3-9H,1-2H2. The van der Waals surface area contributed by atoms with Gasteiger partial charge in [0, 0.05) is 10.6 Å². The van der Waals surface area contributed by atoms with E-state index in [1.165, 1.54) is 0 Å². The average Bonchev–Trinajstić information content (AvgIpc) is 2.33. The van der Waals surface area contributed by atoms with Crippen molar-refractivity contribution in [3.8, 4) is 16.9 Å². The van der Waals surface area contributed by atoms with Gasteiger partial charge in [0.1, 0.15) is 5.75 Å². The Bertz CT molecular complexity index is 509. The predicted octanol–water partition coefficient (Wildman–Crippen LogP) is 4.87. The maximum atomic E-state index is 6.13. The van der Waals surface area contributed by atoms with Gasteiger partial charge < -0.3 is 4.74 Å². The Morgan fingerprint density at radius 1 is 1.06 bits per heavy atom. The quantitative estimate of drug-likeness (QED) is 0.769. The van der Waals surface area contributed by atoms with E-state index in [1.807, 2.05) is 36.4 Å². The molecular weight excluding hydrogens is 255 g/mol. The van der Waals surface area contributed by atoms with E-state index in [4.69, 9.17) is 27.9 Å². The van der Waals surface area contributed by atoms with Gasteiger partial charge in [0.2, 0.25) is 0 Å². The lowest BCUT2D eigenvalue weighted by molar-refractivity contribution is 0.363. The SMILES string of the molecule is [CH2]COc1c(Cl)cc(Cl)cc1-c1ccccc1. The van der Waals surface area contributed by atoms with E-state index in [9.17, 15) is 0 Å². The van der Waals surface area contributed by atoms with Gasteiger partial charge >= 0.3 is 0 Å². The van der Waals surface area contributed by atoms with Crippen molar-refractivity contribution in [2.45, 2.75) is 0 Å². The molecule has 3 heteroatoms. The van der Waals surface area contributed by atoms with Gasteiger partial charge in [-0.15, -0.1) is 0 Å². The molecule has 0 fully saturated rings. The van der Waals surface area contributed by atoms with Gasteiger partial charge in [-0.05, 0) is 24.6 Å². The predicted molar refractivity (Wildman–Crippen MR) is 72.8 cm³/mol. The second kappa shape index (κ2) is 5.44. The highest BCUT2D eigenvalue weighted by Crippen LogP contribution is 2.38. The molecule has 0 saturated carbocycles. The van der Waals surface area contributed by atoms with Crippen LogP contribution in [0.3, 0.4) is 0 Å². The monoisotopic (exact) mass is 265 g/mol. The minimum atomic E-state index is 0.321. The van der Waals surface area contributed by atoms with Crippen LogP contribution in [0.5, 0.6) is 5.75 Å². The highest BCUT2D eigenvalue weighted by molar-refractivity contribution is 6.36. The van der Waals surface area contributed by atoms with Crippen LogP contribution in [0.4, 0.5) is 0 Å². The molecule has 0 saturated heterocycles. The summed E-state index contributed by atoms with van der Waals surface area (Å²) >= 11 is 12.1. The molecule has 1 nitrogen and oxygen atoms in total. The van der Waals surface area contributed by atoms with Crippen LogP contribution in [0.1, 0.15) is 0 Å². The second-order valence-corrected chi connectivity index (χ2v) is 4.32. The normalized spacial score (nSPS) is 10.3. The molecule has 1 radical (unpaired) electrons. The Kier molecular flexibility index (Phi) is 3.93. The first-order valence-electron chi connectivity index (χ1n) is 5.19. The third-order valence-electron chi connectivity index (χ3n) is 2.34. The van der Waals surface area contributed by atoms with Gasteiger partial charge in [0.25, 0.3) is 0 Å². The summed E-state index contributed by atoms with van der Waals surface area (Å²) in [5.74, 6) is 0.622. The molecular formula is C14H11Cl2O. The largest absolute Gasteiger partial charge is 0.491 e. The van der Waals surface area contributed by atoms with Gasteiger partial charge in [-0.3, -0.25) is 0 Å². The van der Waals surface area contributed by atoms with Gasteiger partial charge in [-0.2, -0.15) is 0 Å². The molecule has 87 valence electrons. The highest BCUT2D eigenvalue weighted by Gasteiger charge is 2.11. The van der Waals surface area contributed by atoms with Crippen LogP contribution in [-0.4, -0.2) is 6.61 Å². The lowest BCUT2D eigenvalue weighted by Crippen LogP contribution is -1.95. The summed E-state index contributed by atoms with van der Waals surface area (Å²) in [6.07, 6.45) is 0. The second-order valence-electron chi connectivity index (χ2n) is 3.48. The zero-order chi connectivity index (χ0) is 12.3. The summed E-state index contributed by atoms with van der Waals surface area (Å²) in [5.41, 5.74) is 1.90. The van der Waals surface area contributed by atoms with Crippen molar-refractivity contribution >= 4 is 23.2 Å². The van der Waals surface area contributed by atoms with E-state index in [1.54, 1.807) is 6.07 Å². The third kappa shape index (κ3) is 2.74. The van der Waals surface area contributed by atoms with Crippen LogP contribution in [-0.2, 0) is 0 Å². The Morgan fingerprint density at radius 3 is 2.41 bits per heavy atom. The Hall–Kier alpha value is -1.18. The molecule has 0 aliphatic rings. The summed E-state index contributed by atoms with van der Waals surface area (Å²) < 4.78 is 5.48. The van der Waals surface area contributed by atoms with Crippen molar-refractivity contribution in [1.82, 2.24) is 0 Å². The van der Waals surface area contributed by atoms with Crippen LogP contribution in [0.15, 0.2) is 42.5 Å². The molecule has 17 heavy (non-hydrogen) atoms. The summed E-state index contributed by atoms with van der Waals surface area (Å²) in [7, 11) is 0. The van der Waals surface area contributed by atoms with Crippen molar-refractivity contribution < 1.29 is 4.74 Å². The molecule has 0 bridgehead atoms. The Morgan fingerprint density at radius 2 is 1.76 bits per heavy atom. The summed E-state index contributed by atoms with van der Waals surface area (Å²) in [6.45, 7) is 3.99. The fourth-order valence-electron chi connectivity index (χ4n) is 1.64. The van der Waals surface area contributed by atoms with E-state index < -0.39 is 0 Å². The van der Waals surface area contributed by atoms with Crippen LogP contribution in [0.2, 0.25) is 10.0 Å². The fourth-order valence-corrected chi connectivity index (χ4v) is 2.19. The first kappa shape index (κ1) is 12.3. The molecule has 0 atom stereocenters. The molecule has 0 amide bonds. The molecule has 0 spiro atoms. The molecule has 2 aromatic carbocycles. The minimum absolute atomic E-state index is 0.321. The van der Waals surface area contributed by atoms with Crippen LogP contribution < -0.4 is 4.74 Å². The zero-order valence-corrected chi connectivity index (χ0v) is 10.6. The van der Waals surface area contributed by atoms with E-state index in [0.29, 0.717) is 22.4 Å². The maximum Gasteiger partial charge on any atom is 0.145 e. The van der Waals surface area contributed by atoms with Gasteiger partial charge in [-0.1, -0.05) is 53.5 Å². The fraction of sp³-hybridized carbons (Fsp3) is 0.0714. The van der Waals surface area contributed by atoms with Crippen LogP contribution >= 0.6 is 23.2 Å². The molecule has 2 rings (SSSR count). The lowest BCUT2D eigenvalue weighted by atomic mass is 10.0. The van der Waals surface area contributed by atoms with E-state index in [-0.39, 0.29) is 0 Å². The zero-order valence-electron chi connectivity index (χ0n) is 9.12. The molecule has 0 heterocycles. The van der Waals surface area contributed by atoms with E-state index in [2.05, 4.69) is 6.92 Å². The molecule has 0 N–H and O–H groups in total. The molecule has 2 aromatic rings. The van der Waals surface area contributed by atoms with Crippen molar-refractivity contribution in [2.24, 2.45) is 0 Å².